The van der Waals surface area contributed by atoms with Gasteiger partial charge in [0.15, 0.2) is 0 Å². The molecular weight excluding hydrogens is 340 g/mol. The van der Waals surface area contributed by atoms with Gasteiger partial charge in [-0.25, -0.2) is 8.42 Å². The number of nitrogens with two attached hydrogens (primary N) is 1. The molecule has 0 bridgehead atoms. The molecule has 1 aromatic carbocycles. The number of anilines is 1. The van der Waals surface area contributed by atoms with Crippen molar-refractivity contribution < 1.29 is 13.2 Å². The zero-order valence-electron chi connectivity index (χ0n) is 13.8. The van der Waals surface area contributed by atoms with Crippen LogP contribution in [0.5, 0.6) is 0 Å². The molecule has 0 saturated carbocycles. The highest BCUT2D eigenvalue weighted by Gasteiger charge is 2.24. The van der Waals surface area contributed by atoms with Crippen LogP contribution in [0.3, 0.4) is 0 Å². The van der Waals surface area contributed by atoms with E-state index in [1.54, 1.807) is 48.4 Å². The molecule has 8 heteroatoms. The molecule has 1 aliphatic heterocycles. The summed E-state index contributed by atoms with van der Waals surface area (Å²) in [7, 11) is -3.72. The topological polar surface area (TPSA) is 105 Å². The third-order valence-corrected chi connectivity index (χ3v) is 5.49. The van der Waals surface area contributed by atoms with Crippen LogP contribution in [-0.2, 0) is 27.8 Å². The second kappa shape index (κ2) is 6.81. The number of amides is 1. The van der Waals surface area contributed by atoms with E-state index in [-0.39, 0.29) is 10.8 Å². The molecule has 132 valence electrons. The lowest BCUT2D eigenvalue weighted by molar-refractivity contribution is -0.133. The van der Waals surface area contributed by atoms with Crippen molar-refractivity contribution >= 4 is 21.6 Å². The number of sulfonamides is 1. The molecule has 1 aliphatic rings. The van der Waals surface area contributed by atoms with E-state index in [9.17, 15) is 13.2 Å². The zero-order chi connectivity index (χ0) is 18.0. The Morgan fingerprint density at radius 2 is 2.12 bits per heavy atom. The molecule has 25 heavy (non-hydrogen) atoms. The van der Waals surface area contributed by atoms with Gasteiger partial charge in [-0.3, -0.25) is 14.5 Å². The summed E-state index contributed by atoms with van der Waals surface area (Å²) >= 11 is 0. The van der Waals surface area contributed by atoms with Crippen LogP contribution in [0.15, 0.2) is 47.6 Å². The molecule has 0 aliphatic carbocycles. The molecule has 2 heterocycles. The number of hydrogen-bond donors (Lipinski definition) is 2. The Labute approximate surface area is 146 Å². The van der Waals surface area contributed by atoms with E-state index >= 15 is 0 Å². The van der Waals surface area contributed by atoms with Crippen LogP contribution < -0.4 is 10.5 Å². The Kier molecular flexibility index (Phi) is 4.73. The standard InChI is InChI=1S/C17H20N4O3S/c1-12(18)17(22)21-8-6-13-4-5-16(9-14(13)11-21)25(23,24)20-15-3-2-7-19-10-15/h2-5,7,9-10,12,20H,6,8,11,18H2,1H3/t12-/m0/s1. The lowest BCUT2D eigenvalue weighted by Crippen LogP contribution is -2.44. The summed E-state index contributed by atoms with van der Waals surface area (Å²) in [5.41, 5.74) is 7.94. The van der Waals surface area contributed by atoms with Gasteiger partial charge in [0.05, 0.1) is 22.8 Å². The monoisotopic (exact) mass is 360 g/mol. The number of aromatic nitrogens is 1. The van der Waals surface area contributed by atoms with Gasteiger partial charge in [-0.05, 0) is 48.7 Å². The van der Waals surface area contributed by atoms with Crippen LogP contribution in [0.1, 0.15) is 18.1 Å². The molecule has 0 fully saturated rings. The van der Waals surface area contributed by atoms with Gasteiger partial charge >= 0.3 is 0 Å². The van der Waals surface area contributed by atoms with Crippen LogP contribution in [0.2, 0.25) is 0 Å². The Hall–Kier alpha value is -2.45. The number of fused-ring (bicyclic) bond motifs is 1. The van der Waals surface area contributed by atoms with Gasteiger partial charge in [-0.1, -0.05) is 6.07 Å². The van der Waals surface area contributed by atoms with Crippen molar-refractivity contribution in [3.63, 3.8) is 0 Å². The predicted octanol–water partition coefficient (Wildman–Crippen LogP) is 1.11. The van der Waals surface area contributed by atoms with Crippen LogP contribution >= 0.6 is 0 Å². The average Bonchev–Trinajstić information content (AvgIpc) is 2.60. The van der Waals surface area contributed by atoms with Crippen LogP contribution in [-0.4, -0.2) is 36.8 Å². The van der Waals surface area contributed by atoms with Crippen LogP contribution in [0.25, 0.3) is 0 Å². The molecule has 0 unspecified atom stereocenters. The fourth-order valence-electron chi connectivity index (χ4n) is 2.81. The molecule has 1 atom stereocenters. The van der Waals surface area contributed by atoms with Crippen molar-refractivity contribution in [2.45, 2.75) is 30.8 Å². The lowest BCUT2D eigenvalue weighted by atomic mass is 9.99. The highest BCUT2D eigenvalue weighted by molar-refractivity contribution is 7.92. The van der Waals surface area contributed by atoms with E-state index in [4.69, 9.17) is 5.73 Å². The first-order valence-electron chi connectivity index (χ1n) is 7.96. The Morgan fingerprint density at radius 1 is 1.32 bits per heavy atom. The summed E-state index contributed by atoms with van der Waals surface area (Å²) < 4.78 is 27.6. The molecule has 2 aromatic rings. The van der Waals surface area contributed by atoms with E-state index in [1.807, 2.05) is 0 Å². The highest BCUT2D eigenvalue weighted by Crippen LogP contribution is 2.24. The molecule has 1 amide bonds. The van der Waals surface area contributed by atoms with E-state index in [1.165, 1.54) is 6.20 Å². The number of pyridine rings is 1. The maximum Gasteiger partial charge on any atom is 0.261 e. The molecule has 0 radical (unpaired) electrons. The van der Waals surface area contributed by atoms with Crippen molar-refractivity contribution in [2.75, 3.05) is 11.3 Å². The summed E-state index contributed by atoms with van der Waals surface area (Å²) in [5.74, 6) is -0.132. The molecule has 1 aromatic heterocycles. The second-order valence-electron chi connectivity index (χ2n) is 6.08. The normalized spacial score (nSPS) is 15.4. The molecule has 0 saturated heterocycles. The van der Waals surface area contributed by atoms with Gasteiger partial charge in [0.1, 0.15) is 0 Å². The van der Waals surface area contributed by atoms with Gasteiger partial charge < -0.3 is 10.6 Å². The maximum absolute atomic E-state index is 12.6. The van der Waals surface area contributed by atoms with Gasteiger partial charge in [-0.2, -0.15) is 0 Å². The SMILES string of the molecule is C[C@H](N)C(=O)N1CCc2ccc(S(=O)(=O)Nc3cccnc3)cc2C1. The lowest BCUT2D eigenvalue weighted by Gasteiger charge is -2.30. The summed E-state index contributed by atoms with van der Waals surface area (Å²) in [6.45, 7) is 2.61. The zero-order valence-corrected chi connectivity index (χ0v) is 14.7. The molecule has 0 spiro atoms. The fourth-order valence-corrected chi connectivity index (χ4v) is 3.91. The Morgan fingerprint density at radius 3 is 2.80 bits per heavy atom. The maximum atomic E-state index is 12.6. The number of nitrogens with one attached hydrogen (secondary N) is 1. The van der Waals surface area contributed by atoms with Crippen molar-refractivity contribution in [3.05, 3.63) is 53.9 Å². The number of rotatable bonds is 4. The number of benzene rings is 1. The summed E-state index contributed by atoms with van der Waals surface area (Å²) in [6.07, 6.45) is 3.70. The minimum Gasteiger partial charge on any atom is -0.337 e. The molecular formula is C17H20N4O3S. The third kappa shape index (κ3) is 3.80. The van der Waals surface area contributed by atoms with Crippen LogP contribution in [0, 0.1) is 0 Å². The third-order valence-electron chi connectivity index (χ3n) is 4.12. The molecule has 3 rings (SSSR count). The van der Waals surface area contributed by atoms with E-state index in [0.717, 1.165) is 11.1 Å². The Balaban J connectivity index is 1.86. The molecule has 3 N–H and O–H groups in total. The van der Waals surface area contributed by atoms with E-state index in [0.29, 0.717) is 25.2 Å². The molecule has 7 nitrogen and oxygen atoms in total. The number of carbonyl (C=O) groups is 1. The Bertz CT molecular complexity index is 882. The van der Waals surface area contributed by atoms with Gasteiger partial charge in [0.25, 0.3) is 10.0 Å². The van der Waals surface area contributed by atoms with Gasteiger partial charge in [0, 0.05) is 19.3 Å². The van der Waals surface area contributed by atoms with Crippen molar-refractivity contribution in [3.8, 4) is 0 Å². The van der Waals surface area contributed by atoms with Crippen molar-refractivity contribution in [1.82, 2.24) is 9.88 Å². The second-order valence-corrected chi connectivity index (χ2v) is 7.76. The largest absolute Gasteiger partial charge is 0.337 e. The predicted molar refractivity (Wildman–Crippen MR) is 94.3 cm³/mol. The fraction of sp³-hybridized carbons (Fsp3) is 0.294. The quantitative estimate of drug-likeness (QED) is 0.850. The van der Waals surface area contributed by atoms with Crippen molar-refractivity contribution in [2.24, 2.45) is 5.73 Å². The average molecular weight is 360 g/mol. The van der Waals surface area contributed by atoms with Crippen LogP contribution in [0.4, 0.5) is 5.69 Å². The smallest absolute Gasteiger partial charge is 0.261 e. The van der Waals surface area contributed by atoms with Crippen molar-refractivity contribution in [1.29, 1.82) is 0 Å². The first-order chi connectivity index (χ1) is 11.9. The number of hydrogen-bond acceptors (Lipinski definition) is 5. The first-order valence-corrected chi connectivity index (χ1v) is 9.44. The minimum absolute atomic E-state index is 0.132. The number of carbonyl (C=O) groups excluding carboxylic acids is 1. The summed E-state index contributed by atoms with van der Waals surface area (Å²) in [6, 6.07) is 7.73. The van der Waals surface area contributed by atoms with E-state index in [2.05, 4.69) is 9.71 Å². The minimum atomic E-state index is -3.72. The first kappa shape index (κ1) is 17.4. The summed E-state index contributed by atoms with van der Waals surface area (Å²) in [4.78, 5) is 17.8. The van der Waals surface area contributed by atoms with Gasteiger partial charge in [-0.15, -0.1) is 0 Å². The van der Waals surface area contributed by atoms with Gasteiger partial charge in [0.2, 0.25) is 5.91 Å². The van der Waals surface area contributed by atoms with E-state index < -0.39 is 16.1 Å². The summed E-state index contributed by atoms with van der Waals surface area (Å²) in [5, 5.41) is 0. The number of nitrogens with zero attached hydrogens (tertiary/aromatic N) is 2. The highest BCUT2D eigenvalue weighted by atomic mass is 32.2.